The Morgan fingerprint density at radius 2 is 2.14 bits per heavy atom. The molecule has 0 fully saturated rings. The second kappa shape index (κ2) is 5.83. The molecule has 0 spiro atoms. The van der Waals surface area contributed by atoms with Gasteiger partial charge >= 0.3 is 5.97 Å². The van der Waals surface area contributed by atoms with E-state index < -0.39 is 11.9 Å². The van der Waals surface area contributed by atoms with Crippen LogP contribution in [0.15, 0.2) is 24.3 Å². The first-order chi connectivity index (χ1) is 10.6. The number of nitrogens with zero attached hydrogens (tertiary/aromatic N) is 2. The number of aliphatic carboxylic acids is 1. The third-order valence-corrected chi connectivity index (χ3v) is 4.17. The number of carbonyl (C=O) groups is 1. The monoisotopic (exact) mass is 300 g/mol. The Morgan fingerprint density at radius 1 is 1.41 bits per heavy atom. The van der Waals surface area contributed by atoms with E-state index >= 15 is 0 Å². The van der Waals surface area contributed by atoms with Crippen LogP contribution < -0.4 is 4.74 Å². The fourth-order valence-corrected chi connectivity index (χ4v) is 3.07. The summed E-state index contributed by atoms with van der Waals surface area (Å²) in [5.41, 5.74) is 2.89. The molecule has 0 amide bonds. The minimum atomic E-state index is -0.788. The number of carboxylic acid groups (broad SMARTS) is 1. The van der Waals surface area contributed by atoms with Crippen molar-refractivity contribution in [1.29, 1.82) is 0 Å². The molecule has 0 saturated carbocycles. The van der Waals surface area contributed by atoms with Crippen molar-refractivity contribution in [3.63, 3.8) is 0 Å². The van der Waals surface area contributed by atoms with Crippen molar-refractivity contribution < 1.29 is 14.6 Å². The molecule has 0 radical (unpaired) electrons. The van der Waals surface area contributed by atoms with Gasteiger partial charge in [0.05, 0.1) is 12.3 Å². The average Bonchev–Trinajstić information content (AvgIpc) is 2.85. The number of imidazole rings is 1. The van der Waals surface area contributed by atoms with E-state index in [1.54, 1.807) is 0 Å². The maximum absolute atomic E-state index is 11.4. The number of rotatable bonds is 4. The highest BCUT2D eigenvalue weighted by atomic mass is 16.5. The number of carboxylic acids is 1. The molecule has 0 saturated heterocycles. The van der Waals surface area contributed by atoms with Crippen molar-refractivity contribution in [3.8, 4) is 17.0 Å². The minimum Gasteiger partial charge on any atom is -0.494 e. The molecule has 5 heteroatoms. The summed E-state index contributed by atoms with van der Waals surface area (Å²) in [4.78, 5) is 16.1. The highest BCUT2D eigenvalue weighted by molar-refractivity contribution is 5.76. The van der Waals surface area contributed by atoms with Crippen molar-refractivity contribution in [2.45, 2.75) is 39.2 Å². The smallest absolute Gasteiger partial charge is 0.314 e. The molecule has 1 aromatic heterocycles. The number of benzene rings is 1. The summed E-state index contributed by atoms with van der Waals surface area (Å²) in [5, 5.41) is 9.38. The third kappa shape index (κ3) is 2.47. The van der Waals surface area contributed by atoms with Gasteiger partial charge in [-0.15, -0.1) is 0 Å². The molecule has 0 aliphatic carbocycles. The maximum Gasteiger partial charge on any atom is 0.314 e. The van der Waals surface area contributed by atoms with Gasteiger partial charge in [-0.1, -0.05) is 0 Å². The summed E-state index contributed by atoms with van der Waals surface area (Å²) < 4.78 is 7.50. The molecular formula is C17H20N2O3. The van der Waals surface area contributed by atoms with Crippen LogP contribution in [0.1, 0.15) is 37.2 Å². The Kier molecular flexibility index (Phi) is 3.88. The third-order valence-electron chi connectivity index (χ3n) is 4.17. The Morgan fingerprint density at radius 3 is 2.77 bits per heavy atom. The van der Waals surface area contributed by atoms with Crippen LogP contribution in [0.2, 0.25) is 0 Å². The van der Waals surface area contributed by atoms with Gasteiger partial charge in [-0.2, -0.15) is 0 Å². The van der Waals surface area contributed by atoms with Crippen LogP contribution in [0.4, 0.5) is 0 Å². The number of hydrogen-bond acceptors (Lipinski definition) is 3. The van der Waals surface area contributed by atoms with E-state index in [1.807, 2.05) is 42.7 Å². The average molecular weight is 300 g/mol. The lowest BCUT2D eigenvalue weighted by Crippen LogP contribution is -2.22. The van der Waals surface area contributed by atoms with Gasteiger partial charge in [0.2, 0.25) is 0 Å². The summed E-state index contributed by atoms with van der Waals surface area (Å²) in [6, 6.07) is 7.79. The maximum atomic E-state index is 11.4. The van der Waals surface area contributed by atoms with Crippen LogP contribution >= 0.6 is 0 Å². The first-order valence-electron chi connectivity index (χ1n) is 7.65. The molecule has 22 heavy (non-hydrogen) atoms. The minimum absolute atomic E-state index is 0.496. The Bertz CT molecular complexity index is 689. The summed E-state index contributed by atoms with van der Waals surface area (Å²) in [6.45, 7) is 5.44. The van der Waals surface area contributed by atoms with Crippen molar-refractivity contribution in [2.75, 3.05) is 6.61 Å². The molecule has 1 atom stereocenters. The number of fused-ring (bicyclic) bond motifs is 1. The second-order valence-corrected chi connectivity index (χ2v) is 5.55. The topological polar surface area (TPSA) is 64.4 Å². The normalized spacial score (nSPS) is 17.1. The van der Waals surface area contributed by atoms with Gasteiger partial charge in [0, 0.05) is 17.8 Å². The van der Waals surface area contributed by atoms with Crippen LogP contribution in [-0.4, -0.2) is 27.2 Å². The van der Waals surface area contributed by atoms with Crippen LogP contribution in [0.3, 0.4) is 0 Å². The van der Waals surface area contributed by atoms with Crippen LogP contribution in [-0.2, 0) is 11.3 Å². The molecule has 3 rings (SSSR count). The highest BCUT2D eigenvalue weighted by Crippen LogP contribution is 2.33. The van der Waals surface area contributed by atoms with Gasteiger partial charge in [-0.05, 0) is 51.0 Å². The number of hydrogen-bond donors (Lipinski definition) is 1. The lowest BCUT2D eigenvalue weighted by Gasteiger charge is -2.20. The quantitative estimate of drug-likeness (QED) is 0.941. The zero-order valence-corrected chi connectivity index (χ0v) is 12.9. The van der Waals surface area contributed by atoms with E-state index in [0.717, 1.165) is 35.7 Å². The van der Waals surface area contributed by atoms with Crippen LogP contribution in [0.5, 0.6) is 5.75 Å². The van der Waals surface area contributed by atoms with Gasteiger partial charge in [0.1, 0.15) is 17.5 Å². The largest absolute Gasteiger partial charge is 0.494 e. The van der Waals surface area contributed by atoms with Gasteiger partial charge in [0.25, 0.3) is 0 Å². The lowest BCUT2D eigenvalue weighted by molar-refractivity contribution is -0.139. The molecule has 1 unspecified atom stereocenters. The molecule has 1 aliphatic heterocycles. The van der Waals surface area contributed by atoms with Gasteiger partial charge in [-0.3, -0.25) is 4.79 Å². The van der Waals surface area contributed by atoms with E-state index in [1.165, 1.54) is 0 Å². The molecular weight excluding hydrogens is 280 g/mol. The van der Waals surface area contributed by atoms with E-state index in [4.69, 9.17) is 4.74 Å². The zero-order valence-electron chi connectivity index (χ0n) is 12.9. The van der Waals surface area contributed by atoms with E-state index in [9.17, 15) is 9.90 Å². The fourth-order valence-electron chi connectivity index (χ4n) is 3.07. The number of aromatic nitrogens is 2. The highest BCUT2D eigenvalue weighted by Gasteiger charge is 2.30. The molecule has 116 valence electrons. The molecule has 2 aromatic rings. The van der Waals surface area contributed by atoms with E-state index in [2.05, 4.69) is 4.98 Å². The second-order valence-electron chi connectivity index (χ2n) is 5.55. The lowest BCUT2D eigenvalue weighted by atomic mass is 9.99. The van der Waals surface area contributed by atoms with E-state index in [0.29, 0.717) is 18.9 Å². The van der Waals surface area contributed by atoms with Crippen LogP contribution in [0, 0.1) is 6.92 Å². The summed E-state index contributed by atoms with van der Waals surface area (Å²) in [5.74, 6) is 0.226. The zero-order chi connectivity index (χ0) is 15.7. The molecule has 1 N–H and O–H groups in total. The van der Waals surface area contributed by atoms with Crippen molar-refractivity contribution in [2.24, 2.45) is 0 Å². The van der Waals surface area contributed by atoms with Crippen LogP contribution in [0.25, 0.3) is 11.3 Å². The number of ether oxygens (including phenoxy) is 1. The molecule has 0 bridgehead atoms. The van der Waals surface area contributed by atoms with Gasteiger partial charge < -0.3 is 14.4 Å². The summed E-state index contributed by atoms with van der Waals surface area (Å²) in [6.07, 6.45) is 1.54. The molecule has 1 aliphatic rings. The summed E-state index contributed by atoms with van der Waals surface area (Å²) >= 11 is 0. The van der Waals surface area contributed by atoms with Crippen molar-refractivity contribution in [3.05, 3.63) is 35.8 Å². The molecule has 1 aromatic carbocycles. The van der Waals surface area contributed by atoms with E-state index in [-0.39, 0.29) is 0 Å². The predicted molar refractivity (Wildman–Crippen MR) is 83.2 cm³/mol. The van der Waals surface area contributed by atoms with Crippen molar-refractivity contribution in [1.82, 2.24) is 9.55 Å². The van der Waals surface area contributed by atoms with Gasteiger partial charge in [0.15, 0.2) is 0 Å². The Hall–Kier alpha value is -2.30. The first-order valence-corrected chi connectivity index (χ1v) is 7.65. The standard InChI is InChI=1S/C17H20N2O3/c1-3-22-13-8-6-12(7-9-13)15-11(2)19-10-4-5-14(17(20)21)16(19)18-15/h6-9,14H,3-5,10H2,1-2H3,(H,20,21). The Balaban J connectivity index is 2.00. The SMILES string of the molecule is CCOc1ccc(-c2nc3n(c2C)CCCC3C(=O)O)cc1. The Labute approximate surface area is 129 Å². The molecule has 5 nitrogen and oxygen atoms in total. The molecule has 2 heterocycles. The van der Waals surface area contributed by atoms with Crippen molar-refractivity contribution >= 4 is 5.97 Å². The summed E-state index contributed by atoms with van der Waals surface area (Å²) in [7, 11) is 0. The van der Waals surface area contributed by atoms with Gasteiger partial charge in [-0.25, -0.2) is 4.98 Å². The predicted octanol–water partition coefficient (Wildman–Crippen LogP) is 3.22. The first kappa shape index (κ1) is 14.6. The fraction of sp³-hybridized carbons (Fsp3) is 0.412.